The fraction of sp³-hybridized carbons (Fsp3) is 0.267. The number of rotatable bonds is 4. The lowest BCUT2D eigenvalue weighted by Gasteiger charge is -2.09. The van der Waals surface area contributed by atoms with Crippen LogP contribution < -0.4 is 21.3 Å². The molecule has 1 aromatic carbocycles. The molecule has 11 nitrogen and oxygen atoms in total. The van der Waals surface area contributed by atoms with Gasteiger partial charge in [-0.05, 0) is 12.5 Å². The van der Waals surface area contributed by atoms with E-state index in [1.807, 2.05) is 0 Å². The second kappa shape index (κ2) is 6.02. The summed E-state index contributed by atoms with van der Waals surface area (Å²) in [5, 5.41) is 14.0. The van der Waals surface area contributed by atoms with E-state index in [2.05, 4.69) is 15.3 Å². The van der Waals surface area contributed by atoms with Crippen molar-refractivity contribution in [1.29, 1.82) is 0 Å². The topological polar surface area (TPSA) is 137 Å². The van der Waals surface area contributed by atoms with Gasteiger partial charge in [0.1, 0.15) is 0 Å². The molecule has 2 aromatic heterocycles. The molecule has 0 aliphatic carbocycles. The van der Waals surface area contributed by atoms with Crippen molar-refractivity contribution in [3.8, 4) is 5.75 Å². The van der Waals surface area contributed by atoms with Gasteiger partial charge in [0.2, 0.25) is 5.95 Å². The Balaban J connectivity index is 2.12. The molecule has 3 aromatic rings. The summed E-state index contributed by atoms with van der Waals surface area (Å²) in [6, 6.07) is 2.84. The quantitative estimate of drug-likeness (QED) is 0.521. The average molecular weight is 360 g/mol. The fourth-order valence-corrected chi connectivity index (χ4v) is 2.63. The van der Waals surface area contributed by atoms with Crippen molar-refractivity contribution in [1.82, 2.24) is 19.1 Å². The zero-order valence-electron chi connectivity index (χ0n) is 14.5. The summed E-state index contributed by atoms with van der Waals surface area (Å²) < 4.78 is 7.29. The first-order valence-electron chi connectivity index (χ1n) is 7.50. The van der Waals surface area contributed by atoms with Crippen LogP contribution in [0.4, 0.5) is 17.3 Å². The van der Waals surface area contributed by atoms with Gasteiger partial charge in [-0.25, -0.2) is 4.79 Å². The molecule has 0 amide bonds. The molecular formula is C15H16N6O5. The number of imidazole rings is 1. The zero-order valence-corrected chi connectivity index (χ0v) is 14.5. The van der Waals surface area contributed by atoms with Crippen LogP contribution in [-0.4, -0.2) is 31.1 Å². The van der Waals surface area contributed by atoms with Gasteiger partial charge in [-0.15, -0.1) is 0 Å². The van der Waals surface area contributed by atoms with Crippen LogP contribution in [0.15, 0.2) is 21.7 Å². The Morgan fingerprint density at radius 1 is 1.27 bits per heavy atom. The van der Waals surface area contributed by atoms with Crippen LogP contribution >= 0.6 is 0 Å². The SMILES string of the molecule is COc1cc(Nc2nc3c([nH]2)c(=O)n(C)c(=O)n3C)c(C)cc1[N+](=O)[O-]. The molecule has 0 fully saturated rings. The number of hydrogen-bond donors (Lipinski definition) is 2. The molecule has 0 aliphatic rings. The third kappa shape index (κ3) is 2.59. The van der Waals surface area contributed by atoms with E-state index in [9.17, 15) is 19.7 Å². The van der Waals surface area contributed by atoms with E-state index in [-0.39, 0.29) is 28.5 Å². The number of aryl methyl sites for hydroxylation is 2. The van der Waals surface area contributed by atoms with Crippen molar-refractivity contribution in [2.45, 2.75) is 6.92 Å². The number of aromatic nitrogens is 4. The van der Waals surface area contributed by atoms with Crippen molar-refractivity contribution < 1.29 is 9.66 Å². The van der Waals surface area contributed by atoms with Crippen LogP contribution in [0.5, 0.6) is 5.75 Å². The molecule has 0 aliphatic heterocycles. The minimum absolute atomic E-state index is 0.0857. The average Bonchev–Trinajstić information content (AvgIpc) is 3.03. The Bertz CT molecular complexity index is 1160. The Morgan fingerprint density at radius 2 is 1.96 bits per heavy atom. The predicted molar refractivity (Wildman–Crippen MR) is 94.2 cm³/mol. The van der Waals surface area contributed by atoms with E-state index >= 15 is 0 Å². The molecule has 0 bridgehead atoms. The number of nitrogens with zero attached hydrogens (tertiary/aromatic N) is 4. The highest BCUT2D eigenvalue weighted by Gasteiger charge is 2.19. The van der Waals surface area contributed by atoms with E-state index in [0.717, 1.165) is 4.57 Å². The molecule has 0 radical (unpaired) electrons. The van der Waals surface area contributed by atoms with Gasteiger partial charge in [0.05, 0.1) is 12.0 Å². The number of ether oxygens (including phenoxy) is 1. The molecule has 26 heavy (non-hydrogen) atoms. The van der Waals surface area contributed by atoms with Crippen molar-refractivity contribution in [3.63, 3.8) is 0 Å². The number of fused-ring (bicyclic) bond motifs is 1. The molecule has 0 spiro atoms. The smallest absolute Gasteiger partial charge is 0.332 e. The van der Waals surface area contributed by atoms with Crippen LogP contribution in [0.2, 0.25) is 0 Å². The number of anilines is 2. The van der Waals surface area contributed by atoms with Crippen LogP contribution in [0, 0.1) is 17.0 Å². The van der Waals surface area contributed by atoms with Gasteiger partial charge in [-0.1, -0.05) is 0 Å². The molecular weight excluding hydrogens is 344 g/mol. The number of aromatic amines is 1. The summed E-state index contributed by atoms with van der Waals surface area (Å²) in [5.41, 5.74) is 0.315. The Hall–Kier alpha value is -3.63. The highest BCUT2D eigenvalue weighted by molar-refractivity contribution is 5.75. The summed E-state index contributed by atoms with van der Waals surface area (Å²) in [5.74, 6) is 0.305. The molecule has 2 heterocycles. The molecule has 0 saturated heterocycles. The molecule has 0 unspecified atom stereocenters. The zero-order chi connectivity index (χ0) is 19.2. The van der Waals surface area contributed by atoms with Crippen LogP contribution in [0.1, 0.15) is 5.56 Å². The van der Waals surface area contributed by atoms with Crippen LogP contribution in [0.3, 0.4) is 0 Å². The van der Waals surface area contributed by atoms with E-state index in [4.69, 9.17) is 4.74 Å². The Labute approximate surface area is 146 Å². The first-order valence-corrected chi connectivity index (χ1v) is 7.50. The lowest BCUT2D eigenvalue weighted by molar-refractivity contribution is -0.385. The molecule has 136 valence electrons. The Morgan fingerprint density at radius 3 is 2.58 bits per heavy atom. The first kappa shape index (κ1) is 17.2. The van der Waals surface area contributed by atoms with Gasteiger partial charge in [-0.3, -0.25) is 24.0 Å². The standard InChI is InChI=1S/C15H16N6O5/c1-7-5-9(21(24)25)10(26-4)6-8(7)16-14-17-11-12(18-14)19(2)15(23)20(3)13(11)22/h5-6H,1-4H3,(H2,16,17,18). The van der Waals surface area contributed by atoms with E-state index in [1.54, 1.807) is 6.92 Å². The lowest BCUT2D eigenvalue weighted by atomic mass is 10.1. The number of hydrogen-bond acceptors (Lipinski definition) is 7. The molecule has 0 saturated carbocycles. The number of methoxy groups -OCH3 is 1. The highest BCUT2D eigenvalue weighted by Crippen LogP contribution is 2.33. The van der Waals surface area contributed by atoms with Gasteiger partial charge in [0.15, 0.2) is 16.9 Å². The number of H-pyrrole nitrogens is 1. The molecule has 2 N–H and O–H groups in total. The van der Waals surface area contributed by atoms with Crippen LogP contribution in [0.25, 0.3) is 11.2 Å². The van der Waals surface area contributed by atoms with Crippen molar-refractivity contribution >= 4 is 28.5 Å². The largest absolute Gasteiger partial charge is 0.490 e. The van der Waals surface area contributed by atoms with Gasteiger partial charge in [-0.2, -0.15) is 4.98 Å². The van der Waals surface area contributed by atoms with E-state index in [1.165, 1.54) is 37.9 Å². The minimum atomic E-state index is -0.531. The van der Waals surface area contributed by atoms with E-state index < -0.39 is 16.2 Å². The Kier molecular flexibility index (Phi) is 3.98. The second-order valence-electron chi connectivity index (χ2n) is 5.71. The van der Waals surface area contributed by atoms with Gasteiger partial charge in [0.25, 0.3) is 5.56 Å². The third-order valence-corrected chi connectivity index (χ3v) is 4.07. The number of benzene rings is 1. The molecule has 0 atom stereocenters. The summed E-state index contributed by atoms with van der Waals surface area (Å²) in [7, 11) is 4.22. The van der Waals surface area contributed by atoms with Crippen molar-refractivity contribution in [2.75, 3.05) is 12.4 Å². The van der Waals surface area contributed by atoms with Gasteiger partial charge < -0.3 is 15.0 Å². The number of nitro groups is 1. The van der Waals surface area contributed by atoms with Crippen LogP contribution in [-0.2, 0) is 14.1 Å². The minimum Gasteiger partial charge on any atom is -0.490 e. The summed E-state index contributed by atoms with van der Waals surface area (Å²) in [6.07, 6.45) is 0. The first-order chi connectivity index (χ1) is 12.2. The van der Waals surface area contributed by atoms with Crippen molar-refractivity contribution in [2.24, 2.45) is 14.1 Å². The number of nitrogens with one attached hydrogen (secondary N) is 2. The van der Waals surface area contributed by atoms with Crippen molar-refractivity contribution in [3.05, 3.63) is 48.6 Å². The maximum absolute atomic E-state index is 12.2. The number of nitro benzene ring substituents is 1. The second-order valence-corrected chi connectivity index (χ2v) is 5.71. The maximum atomic E-state index is 12.2. The van der Waals surface area contributed by atoms with Gasteiger partial charge >= 0.3 is 11.4 Å². The predicted octanol–water partition coefficient (Wildman–Crippen LogP) is 0.929. The summed E-state index contributed by atoms with van der Waals surface area (Å²) in [4.78, 5) is 41.8. The maximum Gasteiger partial charge on any atom is 0.332 e. The molecule has 11 heteroatoms. The van der Waals surface area contributed by atoms with E-state index in [0.29, 0.717) is 11.3 Å². The monoisotopic (exact) mass is 360 g/mol. The molecule has 3 rings (SSSR count). The summed E-state index contributed by atoms with van der Waals surface area (Å²) >= 11 is 0. The third-order valence-electron chi connectivity index (χ3n) is 4.07. The summed E-state index contributed by atoms with van der Waals surface area (Å²) in [6.45, 7) is 1.69. The normalized spacial score (nSPS) is 10.9. The highest BCUT2D eigenvalue weighted by atomic mass is 16.6. The van der Waals surface area contributed by atoms with Gasteiger partial charge in [0, 0.05) is 31.9 Å². The fourth-order valence-electron chi connectivity index (χ4n) is 2.63. The lowest BCUT2D eigenvalue weighted by Crippen LogP contribution is -2.36.